The van der Waals surface area contributed by atoms with Gasteiger partial charge in [0.1, 0.15) is 23.7 Å². The molecule has 0 aromatic rings. The highest BCUT2D eigenvalue weighted by Gasteiger charge is 2.73. The lowest BCUT2D eigenvalue weighted by Crippen LogP contribution is -2.58. The predicted molar refractivity (Wildman–Crippen MR) is 150 cm³/mol. The number of carbonyl (C=O) groups is 4. The minimum absolute atomic E-state index is 0.0624. The van der Waals surface area contributed by atoms with Gasteiger partial charge in [-0.2, -0.15) is 0 Å². The Morgan fingerprint density at radius 2 is 1.80 bits per heavy atom. The van der Waals surface area contributed by atoms with E-state index in [4.69, 9.17) is 9.47 Å². The number of aliphatic hydroxyl groups excluding tert-OH is 1. The number of carbonyl (C=O) groups excluding carboxylic acids is 4. The third kappa shape index (κ3) is 5.95. The van der Waals surface area contributed by atoms with Crippen molar-refractivity contribution >= 4 is 23.7 Å². The molecule has 0 aromatic heterocycles. The van der Waals surface area contributed by atoms with Crippen LogP contribution in [0.2, 0.25) is 0 Å². The number of fused-ring (bicyclic) bond motifs is 2. The van der Waals surface area contributed by atoms with Gasteiger partial charge in [-0.3, -0.25) is 19.2 Å². The summed E-state index contributed by atoms with van der Waals surface area (Å²) in [5.74, 6) is -2.72. The first kappa shape index (κ1) is 29.8. The first-order chi connectivity index (χ1) is 19.9. The Morgan fingerprint density at radius 3 is 2.59 bits per heavy atom. The van der Waals surface area contributed by atoms with Crippen LogP contribution in [-0.4, -0.2) is 94.7 Å². The fourth-order valence-electron chi connectivity index (χ4n) is 7.36. The molecule has 41 heavy (non-hydrogen) atoms. The maximum atomic E-state index is 14.7. The molecule has 2 saturated heterocycles. The Hall–Kier alpha value is -2.72. The van der Waals surface area contributed by atoms with Gasteiger partial charge >= 0.3 is 5.97 Å². The van der Waals surface area contributed by atoms with Crippen LogP contribution in [-0.2, 0) is 28.7 Å². The van der Waals surface area contributed by atoms with Crippen LogP contribution in [0.5, 0.6) is 0 Å². The Morgan fingerprint density at radius 1 is 1.02 bits per heavy atom. The molecule has 10 heteroatoms. The van der Waals surface area contributed by atoms with Crippen LogP contribution >= 0.6 is 0 Å². The molecule has 0 unspecified atom stereocenters. The van der Waals surface area contributed by atoms with Crippen LogP contribution in [0.25, 0.3) is 0 Å². The van der Waals surface area contributed by atoms with Crippen molar-refractivity contribution in [3.63, 3.8) is 0 Å². The van der Waals surface area contributed by atoms with Crippen LogP contribution < -0.4 is 5.32 Å². The zero-order valence-electron chi connectivity index (χ0n) is 24.2. The fourth-order valence-corrected chi connectivity index (χ4v) is 7.36. The van der Waals surface area contributed by atoms with Gasteiger partial charge in [0.25, 0.3) is 0 Å². The Balaban J connectivity index is 1.50. The molecule has 4 heterocycles. The lowest BCUT2D eigenvalue weighted by atomic mass is 9.74. The second kappa shape index (κ2) is 13.1. The Bertz CT molecular complexity index is 1050. The van der Waals surface area contributed by atoms with Gasteiger partial charge in [-0.25, -0.2) is 0 Å². The highest BCUT2D eigenvalue weighted by atomic mass is 16.6. The van der Waals surface area contributed by atoms with E-state index < -0.39 is 41.7 Å². The summed E-state index contributed by atoms with van der Waals surface area (Å²) < 4.78 is 12.2. The van der Waals surface area contributed by atoms with Gasteiger partial charge in [0.05, 0.1) is 18.6 Å². The minimum Gasteiger partial charge on any atom is -0.460 e. The summed E-state index contributed by atoms with van der Waals surface area (Å²) in [5, 5.41) is 12.0. The van der Waals surface area contributed by atoms with Gasteiger partial charge in [-0.05, 0) is 39.0 Å². The average molecular weight is 572 g/mol. The van der Waals surface area contributed by atoms with Gasteiger partial charge in [0.2, 0.25) is 17.7 Å². The van der Waals surface area contributed by atoms with Crippen molar-refractivity contribution in [1.29, 1.82) is 0 Å². The standard InChI is InChI=1S/C31H45N3O7/c1-21-20-32-24(36)14-8-5-10-17-33(22-12-6-4-7-13-22)29(38)27-31-16-15-23(41-31)25(30(39)40-21)26(31)28(37)34(27)18-9-2-3-11-19-35/h5,10,15-16,21-23,25-27,35H,2-4,6-9,11-14,17-20H2,1H3,(H,32,36)/b10-5-/t21-,23+,25-,26-,27+,31-/m1/s1. The van der Waals surface area contributed by atoms with Crippen molar-refractivity contribution in [2.75, 3.05) is 26.2 Å². The number of ether oxygens (including phenoxy) is 2. The number of hydrogen-bond donors (Lipinski definition) is 2. The summed E-state index contributed by atoms with van der Waals surface area (Å²) in [6, 6.07) is -0.795. The third-order valence-electron chi connectivity index (χ3n) is 9.40. The molecule has 1 spiro atoms. The Labute approximate surface area is 242 Å². The van der Waals surface area contributed by atoms with E-state index in [9.17, 15) is 24.3 Å². The van der Waals surface area contributed by atoms with Crippen molar-refractivity contribution in [3.05, 3.63) is 24.3 Å². The van der Waals surface area contributed by atoms with Gasteiger partial charge in [0.15, 0.2) is 0 Å². The molecule has 3 amide bonds. The number of amides is 3. The van der Waals surface area contributed by atoms with Crippen molar-refractivity contribution in [2.45, 2.75) is 107 Å². The summed E-state index contributed by atoms with van der Waals surface area (Å²) in [6.07, 6.45) is 15.3. The van der Waals surface area contributed by atoms with Gasteiger partial charge in [-0.1, -0.05) is 56.4 Å². The van der Waals surface area contributed by atoms with Crippen molar-refractivity contribution in [2.24, 2.45) is 11.8 Å². The second-order valence-electron chi connectivity index (χ2n) is 12.2. The molecule has 6 atom stereocenters. The predicted octanol–water partition coefficient (Wildman–Crippen LogP) is 2.25. The van der Waals surface area contributed by atoms with E-state index in [2.05, 4.69) is 5.32 Å². The van der Waals surface area contributed by atoms with E-state index >= 15 is 0 Å². The average Bonchev–Trinajstić information content (AvgIpc) is 3.61. The van der Waals surface area contributed by atoms with Crippen molar-refractivity contribution < 1.29 is 33.8 Å². The second-order valence-corrected chi connectivity index (χ2v) is 12.2. The van der Waals surface area contributed by atoms with Crippen LogP contribution in [0, 0.1) is 11.8 Å². The Kier molecular flexibility index (Phi) is 9.49. The van der Waals surface area contributed by atoms with Gasteiger partial charge in [0, 0.05) is 32.2 Å². The summed E-state index contributed by atoms with van der Waals surface area (Å²) in [4.78, 5) is 58.3. The van der Waals surface area contributed by atoms with Crippen LogP contribution in [0.3, 0.4) is 0 Å². The number of nitrogens with one attached hydrogen (secondary N) is 1. The molecular formula is C31H45N3O7. The largest absolute Gasteiger partial charge is 0.460 e. The molecule has 0 radical (unpaired) electrons. The molecule has 10 nitrogen and oxygen atoms in total. The lowest BCUT2D eigenvalue weighted by Gasteiger charge is -2.40. The SMILES string of the molecule is C[C@@H]1CNC(=O)CC/C=C\CN(C2CCCCC2)C(=O)[C@@H]2N(CCCCCCO)C(=O)[C@H]3[C@H](C(=O)O1)[C@@H]1C=C[C@]23O1. The number of esters is 1. The lowest BCUT2D eigenvalue weighted by molar-refractivity contribution is -0.158. The number of cyclic esters (lactones) is 1. The number of hydrogen-bond acceptors (Lipinski definition) is 7. The molecule has 3 fully saturated rings. The maximum Gasteiger partial charge on any atom is 0.313 e. The van der Waals surface area contributed by atoms with E-state index in [0.29, 0.717) is 38.8 Å². The molecule has 4 aliphatic heterocycles. The normalized spacial score (nSPS) is 35.5. The highest BCUT2D eigenvalue weighted by molar-refractivity contribution is 5.99. The van der Waals surface area contributed by atoms with Crippen molar-refractivity contribution in [3.8, 4) is 0 Å². The molecule has 5 rings (SSSR count). The van der Waals surface area contributed by atoms with E-state index in [1.807, 2.05) is 29.2 Å². The summed E-state index contributed by atoms with van der Waals surface area (Å²) in [5.41, 5.74) is -1.21. The summed E-state index contributed by atoms with van der Waals surface area (Å²) >= 11 is 0. The number of rotatable bonds is 7. The molecule has 5 aliphatic rings. The minimum atomic E-state index is -1.21. The molecular weight excluding hydrogens is 526 g/mol. The van der Waals surface area contributed by atoms with Crippen LogP contribution in [0.1, 0.15) is 77.6 Å². The topological polar surface area (TPSA) is 125 Å². The molecule has 1 aliphatic carbocycles. The van der Waals surface area contributed by atoms with Gasteiger partial charge in [-0.15, -0.1) is 0 Å². The molecule has 5 bridgehead atoms. The fraction of sp³-hybridized carbons (Fsp3) is 0.742. The van der Waals surface area contributed by atoms with E-state index in [1.54, 1.807) is 11.8 Å². The third-order valence-corrected chi connectivity index (χ3v) is 9.40. The molecule has 2 N–H and O–H groups in total. The number of likely N-dealkylation sites (tertiary alicyclic amines) is 1. The molecule has 0 aromatic carbocycles. The first-order valence-corrected chi connectivity index (χ1v) is 15.6. The molecule has 1 saturated carbocycles. The summed E-state index contributed by atoms with van der Waals surface area (Å²) in [6.45, 7) is 2.82. The van der Waals surface area contributed by atoms with E-state index in [-0.39, 0.29) is 36.9 Å². The zero-order chi connectivity index (χ0) is 29.0. The maximum absolute atomic E-state index is 14.7. The van der Waals surface area contributed by atoms with Crippen LogP contribution in [0.15, 0.2) is 24.3 Å². The monoisotopic (exact) mass is 571 g/mol. The summed E-state index contributed by atoms with van der Waals surface area (Å²) in [7, 11) is 0. The van der Waals surface area contributed by atoms with Gasteiger partial charge < -0.3 is 29.7 Å². The number of allylic oxidation sites excluding steroid dienone is 1. The smallest absolute Gasteiger partial charge is 0.313 e. The first-order valence-electron chi connectivity index (χ1n) is 15.6. The van der Waals surface area contributed by atoms with E-state index in [0.717, 1.165) is 44.9 Å². The van der Waals surface area contributed by atoms with Crippen molar-refractivity contribution in [1.82, 2.24) is 15.1 Å². The number of aliphatic hydroxyl groups is 1. The zero-order valence-corrected chi connectivity index (χ0v) is 24.2. The van der Waals surface area contributed by atoms with Crippen LogP contribution in [0.4, 0.5) is 0 Å². The number of nitrogens with zero attached hydrogens (tertiary/aromatic N) is 2. The highest BCUT2D eigenvalue weighted by Crippen LogP contribution is 2.55. The quantitative estimate of drug-likeness (QED) is 0.273. The number of unbranched alkanes of at least 4 members (excludes halogenated alkanes) is 3. The van der Waals surface area contributed by atoms with E-state index in [1.165, 1.54) is 0 Å². The molecule has 226 valence electrons.